The van der Waals surface area contributed by atoms with Gasteiger partial charge in [-0.3, -0.25) is 4.79 Å². The lowest BCUT2D eigenvalue weighted by molar-refractivity contribution is 0.111. The second-order valence-corrected chi connectivity index (χ2v) is 3.53. The number of hydrogen-bond donors (Lipinski definition) is 1. The molecule has 0 aliphatic carbocycles. The van der Waals surface area contributed by atoms with Gasteiger partial charge in [0.1, 0.15) is 17.7 Å². The largest absolute Gasteiger partial charge is 0.489 e. The molecule has 1 saturated heterocycles. The highest BCUT2D eigenvalue weighted by atomic mass is 19.1. The molecule has 0 saturated carbocycles. The van der Waals surface area contributed by atoms with Gasteiger partial charge in [-0.2, -0.15) is 0 Å². The standard InChI is InChI=1S/C11H12FNO2/c12-11-5-9(2-1-8(11)7-14)15-10-3-4-13-6-10/h1-2,5,7,10,13H,3-4,6H2. The third kappa shape index (κ3) is 2.33. The van der Waals surface area contributed by atoms with Gasteiger partial charge in [0.25, 0.3) is 0 Å². The van der Waals surface area contributed by atoms with Crippen LogP contribution in [0, 0.1) is 5.82 Å². The van der Waals surface area contributed by atoms with Gasteiger partial charge < -0.3 is 10.1 Å². The molecule has 1 aliphatic rings. The Bertz CT molecular complexity index is 362. The fraction of sp³-hybridized carbons (Fsp3) is 0.364. The van der Waals surface area contributed by atoms with Crippen LogP contribution < -0.4 is 10.1 Å². The molecule has 0 bridgehead atoms. The molecule has 1 aliphatic heterocycles. The molecule has 1 unspecified atom stereocenters. The molecule has 1 atom stereocenters. The maximum absolute atomic E-state index is 13.2. The number of carbonyl (C=O) groups excluding carboxylic acids is 1. The van der Waals surface area contributed by atoms with Gasteiger partial charge in [0.05, 0.1) is 5.56 Å². The Labute approximate surface area is 87.2 Å². The second kappa shape index (κ2) is 4.40. The molecule has 0 amide bonds. The normalized spacial score (nSPS) is 20.2. The molecule has 1 aromatic carbocycles. The van der Waals surface area contributed by atoms with Gasteiger partial charge >= 0.3 is 0 Å². The van der Waals surface area contributed by atoms with Crippen LogP contribution in [0.5, 0.6) is 5.75 Å². The topological polar surface area (TPSA) is 38.3 Å². The van der Waals surface area contributed by atoms with Gasteiger partial charge in [0.15, 0.2) is 6.29 Å². The van der Waals surface area contributed by atoms with Crippen LogP contribution in [0.3, 0.4) is 0 Å². The summed E-state index contributed by atoms with van der Waals surface area (Å²) in [4.78, 5) is 10.4. The maximum Gasteiger partial charge on any atom is 0.152 e. The lowest BCUT2D eigenvalue weighted by Gasteiger charge is -2.12. The molecule has 3 nitrogen and oxygen atoms in total. The molecule has 1 N–H and O–H groups in total. The predicted molar refractivity (Wildman–Crippen MR) is 53.7 cm³/mol. The first-order valence-electron chi connectivity index (χ1n) is 4.91. The summed E-state index contributed by atoms with van der Waals surface area (Å²) in [6, 6.07) is 4.30. The lowest BCUT2D eigenvalue weighted by Crippen LogP contribution is -2.19. The fourth-order valence-electron chi connectivity index (χ4n) is 1.60. The molecule has 15 heavy (non-hydrogen) atoms. The average Bonchev–Trinajstić information content (AvgIpc) is 2.71. The third-order valence-corrected chi connectivity index (χ3v) is 2.42. The molecular weight excluding hydrogens is 197 g/mol. The van der Waals surface area contributed by atoms with Crippen molar-refractivity contribution in [3.8, 4) is 5.75 Å². The predicted octanol–water partition coefficient (Wildman–Crippen LogP) is 1.38. The molecule has 4 heteroatoms. The van der Waals surface area contributed by atoms with Crippen LogP contribution in [0.2, 0.25) is 0 Å². The van der Waals surface area contributed by atoms with Gasteiger partial charge in [0.2, 0.25) is 0 Å². The summed E-state index contributed by atoms with van der Waals surface area (Å²) in [6.07, 6.45) is 1.53. The van der Waals surface area contributed by atoms with Crippen molar-refractivity contribution >= 4 is 6.29 Å². The van der Waals surface area contributed by atoms with E-state index in [1.807, 2.05) is 0 Å². The Hall–Kier alpha value is -1.42. The highest BCUT2D eigenvalue weighted by Crippen LogP contribution is 2.18. The van der Waals surface area contributed by atoms with E-state index in [1.165, 1.54) is 12.1 Å². The zero-order valence-corrected chi connectivity index (χ0v) is 8.20. The molecule has 0 spiro atoms. The highest BCUT2D eigenvalue weighted by molar-refractivity contribution is 5.75. The van der Waals surface area contributed by atoms with E-state index >= 15 is 0 Å². The zero-order chi connectivity index (χ0) is 10.7. The van der Waals surface area contributed by atoms with Crippen LogP contribution in [-0.4, -0.2) is 25.5 Å². The second-order valence-electron chi connectivity index (χ2n) is 3.53. The summed E-state index contributed by atoms with van der Waals surface area (Å²) >= 11 is 0. The van der Waals surface area contributed by atoms with E-state index in [0.29, 0.717) is 12.0 Å². The Morgan fingerprint density at radius 2 is 2.40 bits per heavy atom. The number of carbonyl (C=O) groups is 1. The van der Waals surface area contributed by atoms with E-state index in [-0.39, 0.29) is 11.7 Å². The van der Waals surface area contributed by atoms with E-state index in [9.17, 15) is 9.18 Å². The van der Waals surface area contributed by atoms with Crippen LogP contribution in [-0.2, 0) is 0 Å². The number of aldehydes is 1. The van der Waals surface area contributed by atoms with Crippen LogP contribution in [0.15, 0.2) is 18.2 Å². The molecule has 80 valence electrons. The van der Waals surface area contributed by atoms with Crippen LogP contribution in [0.1, 0.15) is 16.8 Å². The van der Waals surface area contributed by atoms with Gasteiger partial charge in [-0.25, -0.2) is 4.39 Å². The van der Waals surface area contributed by atoms with Gasteiger partial charge in [0, 0.05) is 12.6 Å². The summed E-state index contributed by atoms with van der Waals surface area (Å²) in [5.74, 6) is -0.0553. The lowest BCUT2D eigenvalue weighted by atomic mass is 10.2. The number of ether oxygens (including phenoxy) is 1. The molecule has 0 aromatic heterocycles. The quantitative estimate of drug-likeness (QED) is 0.764. The summed E-state index contributed by atoms with van der Waals surface area (Å²) in [7, 11) is 0. The number of hydrogen-bond acceptors (Lipinski definition) is 3. The van der Waals surface area contributed by atoms with E-state index < -0.39 is 5.82 Å². The third-order valence-electron chi connectivity index (χ3n) is 2.42. The van der Waals surface area contributed by atoms with Crippen molar-refractivity contribution in [2.45, 2.75) is 12.5 Å². The van der Waals surface area contributed by atoms with E-state index in [0.717, 1.165) is 19.5 Å². The molecule has 1 aromatic rings. The fourth-order valence-corrected chi connectivity index (χ4v) is 1.60. The number of benzene rings is 1. The summed E-state index contributed by atoms with van der Waals surface area (Å²) in [6.45, 7) is 1.72. The Morgan fingerprint density at radius 3 is 3.00 bits per heavy atom. The van der Waals surface area contributed by atoms with Crippen molar-refractivity contribution < 1.29 is 13.9 Å². The molecular formula is C11H12FNO2. The smallest absolute Gasteiger partial charge is 0.152 e. The SMILES string of the molecule is O=Cc1ccc(OC2CCNC2)cc1F. The molecule has 1 heterocycles. The van der Waals surface area contributed by atoms with Crippen LogP contribution >= 0.6 is 0 Å². The van der Waals surface area contributed by atoms with E-state index in [1.54, 1.807) is 6.07 Å². The van der Waals surface area contributed by atoms with Crippen molar-refractivity contribution in [1.29, 1.82) is 0 Å². The van der Waals surface area contributed by atoms with Crippen molar-refractivity contribution in [2.75, 3.05) is 13.1 Å². The van der Waals surface area contributed by atoms with Crippen LogP contribution in [0.25, 0.3) is 0 Å². The zero-order valence-electron chi connectivity index (χ0n) is 8.20. The average molecular weight is 209 g/mol. The summed E-state index contributed by atoms with van der Waals surface area (Å²) in [5.41, 5.74) is 0.0619. The Balaban J connectivity index is 2.08. The maximum atomic E-state index is 13.2. The number of halogens is 1. The van der Waals surface area contributed by atoms with E-state index in [4.69, 9.17) is 4.74 Å². The van der Waals surface area contributed by atoms with Gasteiger partial charge in [-0.1, -0.05) is 0 Å². The summed E-state index contributed by atoms with van der Waals surface area (Å²) < 4.78 is 18.7. The highest BCUT2D eigenvalue weighted by Gasteiger charge is 2.16. The minimum atomic E-state index is -0.534. The minimum absolute atomic E-state index is 0.0619. The minimum Gasteiger partial charge on any atom is -0.489 e. The molecule has 0 radical (unpaired) electrons. The first kappa shape index (κ1) is 10.1. The Kier molecular flexibility index (Phi) is 2.97. The van der Waals surface area contributed by atoms with Crippen molar-refractivity contribution in [3.63, 3.8) is 0 Å². The van der Waals surface area contributed by atoms with Crippen molar-refractivity contribution in [2.24, 2.45) is 0 Å². The molecule has 2 rings (SSSR count). The monoisotopic (exact) mass is 209 g/mol. The van der Waals surface area contributed by atoms with E-state index in [2.05, 4.69) is 5.32 Å². The van der Waals surface area contributed by atoms with Crippen molar-refractivity contribution in [3.05, 3.63) is 29.6 Å². The number of rotatable bonds is 3. The summed E-state index contributed by atoms with van der Waals surface area (Å²) in [5, 5.41) is 3.15. The van der Waals surface area contributed by atoms with Gasteiger partial charge in [-0.05, 0) is 25.1 Å². The first-order valence-corrected chi connectivity index (χ1v) is 4.91. The van der Waals surface area contributed by atoms with Crippen molar-refractivity contribution in [1.82, 2.24) is 5.32 Å². The number of nitrogens with one attached hydrogen (secondary N) is 1. The van der Waals surface area contributed by atoms with Crippen LogP contribution in [0.4, 0.5) is 4.39 Å². The van der Waals surface area contributed by atoms with Gasteiger partial charge in [-0.15, -0.1) is 0 Å². The Morgan fingerprint density at radius 1 is 1.53 bits per heavy atom. The first-order chi connectivity index (χ1) is 7.29. The molecule has 1 fully saturated rings.